The van der Waals surface area contributed by atoms with Crippen LogP contribution in [-0.2, 0) is 4.79 Å². The third-order valence-electron chi connectivity index (χ3n) is 5.00. The number of amides is 2. The molecule has 9 heteroatoms. The summed E-state index contributed by atoms with van der Waals surface area (Å²) in [7, 11) is 0. The first-order valence-electron chi connectivity index (χ1n) is 9.30. The molecule has 152 valence electrons. The van der Waals surface area contributed by atoms with E-state index in [0.29, 0.717) is 58.5 Å². The number of rotatable bonds is 4. The number of hydrogen-bond acceptors (Lipinski definition) is 5. The maximum atomic E-state index is 12.8. The van der Waals surface area contributed by atoms with E-state index >= 15 is 0 Å². The van der Waals surface area contributed by atoms with Crippen LogP contribution in [0.4, 0.5) is 5.69 Å². The molecule has 0 saturated carbocycles. The Morgan fingerprint density at radius 2 is 2.10 bits per heavy atom. The molecule has 7 nitrogen and oxygen atoms in total. The van der Waals surface area contributed by atoms with Crippen molar-refractivity contribution in [2.45, 2.75) is 12.8 Å². The fraction of sp³-hybridized carbons (Fsp3) is 0.350. The quantitative estimate of drug-likeness (QED) is 0.792. The Balaban J connectivity index is 1.32. The first kappa shape index (κ1) is 19.8. The third-order valence-corrected chi connectivity index (χ3v) is 5.81. The van der Waals surface area contributed by atoms with Gasteiger partial charge < -0.3 is 19.7 Å². The fourth-order valence-electron chi connectivity index (χ4n) is 3.38. The smallest absolute Gasteiger partial charge is 0.262 e. The van der Waals surface area contributed by atoms with Crippen molar-refractivity contribution in [3.05, 3.63) is 46.1 Å². The van der Waals surface area contributed by atoms with Gasteiger partial charge in [0.1, 0.15) is 16.5 Å². The maximum Gasteiger partial charge on any atom is 0.262 e. The Morgan fingerprint density at radius 3 is 2.90 bits per heavy atom. The van der Waals surface area contributed by atoms with Crippen molar-refractivity contribution in [3.63, 3.8) is 0 Å². The number of nitrogens with one attached hydrogen (secondary N) is 1. The van der Waals surface area contributed by atoms with Crippen LogP contribution in [0.1, 0.15) is 23.2 Å². The number of anilines is 1. The molecule has 1 saturated heterocycles. The number of halogens is 2. The summed E-state index contributed by atoms with van der Waals surface area (Å²) in [5.41, 5.74) is 0.851. The van der Waals surface area contributed by atoms with Crippen LogP contribution < -0.4 is 14.8 Å². The molecule has 1 aromatic heterocycles. The molecular formula is C20H19Cl2N3O4. The monoisotopic (exact) mass is 435 g/mol. The van der Waals surface area contributed by atoms with Gasteiger partial charge in [-0.25, -0.2) is 4.98 Å². The van der Waals surface area contributed by atoms with E-state index in [2.05, 4.69) is 10.3 Å². The van der Waals surface area contributed by atoms with Crippen molar-refractivity contribution >= 4 is 40.7 Å². The molecule has 2 aliphatic rings. The number of nitrogens with zero attached hydrogens (tertiary/aromatic N) is 2. The van der Waals surface area contributed by atoms with Gasteiger partial charge >= 0.3 is 0 Å². The summed E-state index contributed by atoms with van der Waals surface area (Å²) in [5, 5.41) is 3.55. The van der Waals surface area contributed by atoms with Crippen LogP contribution in [0.3, 0.4) is 0 Å². The van der Waals surface area contributed by atoms with Crippen LogP contribution in [0.2, 0.25) is 10.0 Å². The Bertz CT molecular complexity index is 945. The first-order valence-corrected chi connectivity index (χ1v) is 10.1. The lowest BCUT2D eigenvalue weighted by Crippen LogP contribution is -2.39. The van der Waals surface area contributed by atoms with Crippen LogP contribution in [0.15, 0.2) is 30.5 Å². The zero-order valence-corrected chi connectivity index (χ0v) is 17.0. The van der Waals surface area contributed by atoms with Crippen LogP contribution in [-0.4, -0.2) is 48.0 Å². The predicted octanol–water partition coefficient (Wildman–Crippen LogP) is 3.65. The second-order valence-corrected chi connectivity index (χ2v) is 7.80. The van der Waals surface area contributed by atoms with E-state index in [9.17, 15) is 9.59 Å². The second-order valence-electron chi connectivity index (χ2n) is 7.01. The van der Waals surface area contributed by atoms with Crippen LogP contribution in [0, 0.1) is 5.92 Å². The molecule has 2 amide bonds. The van der Waals surface area contributed by atoms with E-state index in [4.69, 9.17) is 32.7 Å². The number of aromatic nitrogens is 1. The largest absolute Gasteiger partial charge is 0.492 e. The van der Waals surface area contributed by atoms with Crippen molar-refractivity contribution < 1.29 is 19.1 Å². The molecule has 1 N–H and O–H groups in total. The van der Waals surface area contributed by atoms with E-state index in [1.54, 1.807) is 29.2 Å². The Kier molecular flexibility index (Phi) is 5.78. The SMILES string of the molecule is O=C1COc2ncc(C(=O)N3CCC(COc4cccc(Cl)c4Cl)CC3)cc2N1. The Hall–Kier alpha value is -2.51. The molecule has 4 rings (SSSR count). The van der Waals surface area contributed by atoms with Crippen molar-refractivity contribution in [3.8, 4) is 11.6 Å². The summed E-state index contributed by atoms with van der Waals surface area (Å²) < 4.78 is 11.1. The Labute approximate surface area is 177 Å². The van der Waals surface area contributed by atoms with Crippen LogP contribution >= 0.6 is 23.2 Å². The lowest BCUT2D eigenvalue weighted by atomic mass is 9.97. The zero-order chi connectivity index (χ0) is 20.4. The highest BCUT2D eigenvalue weighted by atomic mass is 35.5. The van der Waals surface area contributed by atoms with E-state index in [1.165, 1.54) is 6.20 Å². The lowest BCUT2D eigenvalue weighted by molar-refractivity contribution is -0.118. The summed E-state index contributed by atoms with van der Waals surface area (Å²) >= 11 is 12.2. The zero-order valence-electron chi connectivity index (χ0n) is 15.5. The average molecular weight is 436 g/mol. The van der Waals surface area contributed by atoms with Crippen molar-refractivity contribution in [1.82, 2.24) is 9.88 Å². The van der Waals surface area contributed by atoms with Gasteiger partial charge in [-0.1, -0.05) is 29.3 Å². The molecular weight excluding hydrogens is 417 g/mol. The number of likely N-dealkylation sites (tertiary alicyclic amines) is 1. The van der Waals surface area contributed by atoms with Crippen molar-refractivity contribution in [2.75, 3.05) is 31.6 Å². The molecule has 2 aliphatic heterocycles. The number of carbonyl (C=O) groups excluding carboxylic acids is 2. The number of hydrogen-bond donors (Lipinski definition) is 1. The minimum absolute atomic E-state index is 0.0662. The highest BCUT2D eigenvalue weighted by Crippen LogP contribution is 2.32. The summed E-state index contributed by atoms with van der Waals surface area (Å²) in [4.78, 5) is 30.2. The number of pyridine rings is 1. The molecule has 1 aromatic carbocycles. The van der Waals surface area contributed by atoms with Gasteiger partial charge in [-0.05, 0) is 37.0 Å². The van der Waals surface area contributed by atoms with E-state index in [0.717, 1.165) is 12.8 Å². The molecule has 29 heavy (non-hydrogen) atoms. The number of piperidine rings is 1. The summed E-state index contributed by atoms with van der Waals surface area (Å²) in [5.74, 6) is 0.851. The molecule has 0 aliphatic carbocycles. The normalized spacial score (nSPS) is 16.6. The minimum Gasteiger partial charge on any atom is -0.492 e. The predicted molar refractivity (Wildman–Crippen MR) is 109 cm³/mol. The highest BCUT2D eigenvalue weighted by molar-refractivity contribution is 6.42. The lowest BCUT2D eigenvalue weighted by Gasteiger charge is -2.32. The highest BCUT2D eigenvalue weighted by Gasteiger charge is 2.26. The molecule has 1 fully saturated rings. The van der Waals surface area contributed by atoms with Gasteiger partial charge in [0.05, 0.1) is 17.2 Å². The Morgan fingerprint density at radius 1 is 1.31 bits per heavy atom. The average Bonchev–Trinajstić information content (AvgIpc) is 2.74. The molecule has 0 unspecified atom stereocenters. The standard InChI is InChI=1S/C20H19Cl2N3O4/c21-14-2-1-3-16(18(14)22)28-10-12-4-6-25(7-5-12)20(27)13-8-15-19(23-9-13)29-11-17(26)24-15/h1-3,8-9,12H,4-7,10-11H2,(H,24,26). The topological polar surface area (TPSA) is 80.8 Å². The van der Waals surface area contributed by atoms with Crippen LogP contribution in [0.5, 0.6) is 11.6 Å². The first-order chi connectivity index (χ1) is 14.0. The van der Waals surface area contributed by atoms with Gasteiger partial charge in [0, 0.05) is 19.3 Å². The van der Waals surface area contributed by atoms with Gasteiger partial charge in [0.25, 0.3) is 11.8 Å². The fourth-order valence-corrected chi connectivity index (χ4v) is 3.73. The third kappa shape index (κ3) is 4.41. The van der Waals surface area contributed by atoms with E-state index in [1.807, 2.05) is 0 Å². The molecule has 0 spiro atoms. The molecule has 2 aromatic rings. The molecule has 0 radical (unpaired) electrons. The summed E-state index contributed by atoms with van der Waals surface area (Å²) in [6, 6.07) is 6.91. The molecule has 0 bridgehead atoms. The van der Waals surface area contributed by atoms with Gasteiger partial charge in [-0.2, -0.15) is 0 Å². The van der Waals surface area contributed by atoms with Crippen LogP contribution in [0.25, 0.3) is 0 Å². The summed E-state index contributed by atoms with van der Waals surface area (Å²) in [6.45, 7) is 1.70. The molecule has 3 heterocycles. The minimum atomic E-state index is -0.260. The van der Waals surface area contributed by atoms with Gasteiger partial charge in [-0.15, -0.1) is 0 Å². The van der Waals surface area contributed by atoms with E-state index < -0.39 is 0 Å². The number of carbonyl (C=O) groups is 2. The van der Waals surface area contributed by atoms with Gasteiger partial charge in [0.2, 0.25) is 5.88 Å². The van der Waals surface area contributed by atoms with Gasteiger partial charge in [0.15, 0.2) is 6.61 Å². The van der Waals surface area contributed by atoms with Crippen molar-refractivity contribution in [1.29, 1.82) is 0 Å². The number of benzene rings is 1. The second kappa shape index (κ2) is 8.47. The van der Waals surface area contributed by atoms with E-state index in [-0.39, 0.29) is 18.4 Å². The number of ether oxygens (including phenoxy) is 2. The maximum absolute atomic E-state index is 12.8. The van der Waals surface area contributed by atoms with Crippen molar-refractivity contribution in [2.24, 2.45) is 5.92 Å². The number of fused-ring (bicyclic) bond motifs is 1. The summed E-state index contributed by atoms with van der Waals surface area (Å²) in [6.07, 6.45) is 3.12. The van der Waals surface area contributed by atoms with Gasteiger partial charge in [-0.3, -0.25) is 9.59 Å². The molecule has 0 atom stereocenters.